The molecule has 0 aliphatic heterocycles. The van der Waals surface area contributed by atoms with Crippen LogP contribution in [0.2, 0.25) is 0 Å². The maximum atomic E-state index is 11.0. The van der Waals surface area contributed by atoms with Crippen LogP contribution in [0, 0.1) is 0 Å². The van der Waals surface area contributed by atoms with Crippen LogP contribution in [0.1, 0.15) is 21.5 Å². The van der Waals surface area contributed by atoms with E-state index in [-0.39, 0.29) is 11.3 Å². The summed E-state index contributed by atoms with van der Waals surface area (Å²) in [6, 6.07) is 13.2. The molecule has 20 heavy (non-hydrogen) atoms. The minimum Gasteiger partial charge on any atom is -0.507 e. The third-order valence-electron chi connectivity index (χ3n) is 2.59. The van der Waals surface area contributed by atoms with Gasteiger partial charge in [0.25, 0.3) is 0 Å². The van der Waals surface area contributed by atoms with Gasteiger partial charge in [0.05, 0.1) is 18.0 Å². The number of para-hydroxylation sites is 1. The molecule has 2 aromatic carbocycles. The SMILES string of the molecule is O=C(O)c1ccccc1/C=N/N=C/c1ccccc1O. The molecule has 5 nitrogen and oxygen atoms in total. The van der Waals surface area contributed by atoms with Crippen molar-refractivity contribution in [2.24, 2.45) is 10.2 Å². The molecule has 100 valence electrons. The van der Waals surface area contributed by atoms with Crippen molar-refractivity contribution in [3.8, 4) is 5.75 Å². The normalized spacial score (nSPS) is 11.2. The van der Waals surface area contributed by atoms with Crippen LogP contribution in [0.5, 0.6) is 5.75 Å². The van der Waals surface area contributed by atoms with Crippen LogP contribution < -0.4 is 0 Å². The lowest BCUT2D eigenvalue weighted by Crippen LogP contribution is -2.00. The van der Waals surface area contributed by atoms with Gasteiger partial charge in [0.2, 0.25) is 0 Å². The molecule has 0 saturated carbocycles. The number of aromatic carboxylic acids is 1. The summed E-state index contributed by atoms with van der Waals surface area (Å²) in [5, 5.41) is 26.1. The lowest BCUT2D eigenvalue weighted by atomic mass is 10.1. The molecule has 0 spiro atoms. The molecule has 0 atom stereocenters. The van der Waals surface area contributed by atoms with E-state index in [1.54, 1.807) is 42.5 Å². The van der Waals surface area contributed by atoms with Gasteiger partial charge < -0.3 is 10.2 Å². The van der Waals surface area contributed by atoms with E-state index in [9.17, 15) is 9.90 Å². The fourth-order valence-corrected chi connectivity index (χ4v) is 1.59. The van der Waals surface area contributed by atoms with Gasteiger partial charge in [0.1, 0.15) is 5.75 Å². The first kappa shape index (κ1) is 13.5. The van der Waals surface area contributed by atoms with Crippen molar-refractivity contribution < 1.29 is 15.0 Å². The van der Waals surface area contributed by atoms with Crippen molar-refractivity contribution in [1.29, 1.82) is 0 Å². The van der Waals surface area contributed by atoms with E-state index in [4.69, 9.17) is 5.11 Å². The first-order chi connectivity index (χ1) is 9.68. The highest BCUT2D eigenvalue weighted by Crippen LogP contribution is 2.12. The molecular weight excluding hydrogens is 256 g/mol. The van der Waals surface area contributed by atoms with Gasteiger partial charge in [-0.15, -0.1) is 0 Å². The van der Waals surface area contributed by atoms with Crippen LogP contribution in [-0.4, -0.2) is 28.6 Å². The van der Waals surface area contributed by atoms with E-state index in [1.807, 2.05) is 0 Å². The van der Waals surface area contributed by atoms with Crippen molar-refractivity contribution in [2.75, 3.05) is 0 Å². The molecule has 0 aliphatic carbocycles. The number of hydrogen-bond acceptors (Lipinski definition) is 4. The van der Waals surface area contributed by atoms with Crippen molar-refractivity contribution in [1.82, 2.24) is 0 Å². The Bertz CT molecular complexity index is 678. The fraction of sp³-hybridized carbons (Fsp3) is 0. The summed E-state index contributed by atoms with van der Waals surface area (Å²) in [6.07, 6.45) is 2.76. The Morgan fingerprint density at radius 1 is 0.900 bits per heavy atom. The van der Waals surface area contributed by atoms with Crippen molar-refractivity contribution in [3.63, 3.8) is 0 Å². The van der Waals surface area contributed by atoms with Crippen LogP contribution in [0.4, 0.5) is 0 Å². The highest BCUT2D eigenvalue weighted by molar-refractivity contribution is 5.98. The molecule has 0 amide bonds. The van der Waals surface area contributed by atoms with E-state index < -0.39 is 5.97 Å². The molecule has 5 heteroatoms. The molecule has 0 aliphatic rings. The van der Waals surface area contributed by atoms with Crippen molar-refractivity contribution in [3.05, 3.63) is 65.2 Å². The minimum absolute atomic E-state index is 0.109. The Morgan fingerprint density at radius 2 is 1.45 bits per heavy atom. The number of carbonyl (C=O) groups is 1. The van der Waals surface area contributed by atoms with Gasteiger partial charge in [-0.1, -0.05) is 30.3 Å². The molecule has 0 unspecified atom stereocenters. The van der Waals surface area contributed by atoms with Crippen LogP contribution in [0.25, 0.3) is 0 Å². The average Bonchev–Trinajstić information content (AvgIpc) is 2.45. The third-order valence-corrected chi connectivity index (χ3v) is 2.59. The molecule has 0 aromatic heterocycles. The molecule has 0 radical (unpaired) electrons. The largest absolute Gasteiger partial charge is 0.507 e. The van der Waals surface area contributed by atoms with Crippen LogP contribution in [-0.2, 0) is 0 Å². The summed E-state index contributed by atoms with van der Waals surface area (Å²) < 4.78 is 0. The molecule has 0 fully saturated rings. The van der Waals surface area contributed by atoms with E-state index in [2.05, 4.69) is 10.2 Å². The predicted octanol–water partition coefficient (Wildman–Crippen LogP) is 2.54. The fourth-order valence-electron chi connectivity index (χ4n) is 1.59. The lowest BCUT2D eigenvalue weighted by molar-refractivity contribution is 0.0697. The molecule has 2 aromatic rings. The second-order valence-electron chi connectivity index (χ2n) is 3.94. The molecule has 0 bridgehead atoms. The Kier molecular flexibility index (Phi) is 4.24. The van der Waals surface area contributed by atoms with E-state index in [0.29, 0.717) is 11.1 Å². The van der Waals surface area contributed by atoms with Crippen molar-refractivity contribution in [2.45, 2.75) is 0 Å². The first-order valence-electron chi connectivity index (χ1n) is 5.85. The summed E-state index contributed by atoms with van der Waals surface area (Å²) >= 11 is 0. The monoisotopic (exact) mass is 268 g/mol. The summed E-state index contributed by atoms with van der Waals surface area (Å²) in [5.41, 5.74) is 1.17. The second-order valence-corrected chi connectivity index (χ2v) is 3.94. The summed E-state index contributed by atoms with van der Waals surface area (Å²) in [4.78, 5) is 11.0. The first-order valence-corrected chi connectivity index (χ1v) is 5.85. The number of rotatable bonds is 4. The van der Waals surface area contributed by atoms with E-state index in [1.165, 1.54) is 18.5 Å². The highest BCUT2D eigenvalue weighted by Gasteiger charge is 2.06. The number of nitrogens with zero attached hydrogens (tertiary/aromatic N) is 2. The smallest absolute Gasteiger partial charge is 0.336 e. The van der Waals surface area contributed by atoms with Gasteiger partial charge in [0, 0.05) is 11.1 Å². The van der Waals surface area contributed by atoms with Gasteiger partial charge in [-0.25, -0.2) is 4.79 Å². The second kappa shape index (κ2) is 6.29. The number of hydrogen-bond donors (Lipinski definition) is 2. The van der Waals surface area contributed by atoms with Crippen LogP contribution >= 0.6 is 0 Å². The Balaban J connectivity index is 2.15. The topological polar surface area (TPSA) is 82.2 Å². The zero-order valence-corrected chi connectivity index (χ0v) is 10.5. The lowest BCUT2D eigenvalue weighted by Gasteiger charge is -1.98. The molecule has 2 rings (SSSR count). The summed E-state index contributed by atoms with van der Waals surface area (Å²) in [5.74, 6) is -0.908. The quantitative estimate of drug-likeness (QED) is 0.660. The standard InChI is InChI=1S/C15H12N2O3/c18-14-8-4-2-6-12(14)10-17-16-9-11-5-1-3-7-13(11)15(19)20/h1-10,18H,(H,19,20)/b16-9+,17-10+. The molecule has 2 N–H and O–H groups in total. The van der Waals surface area contributed by atoms with Gasteiger partial charge in [-0.3, -0.25) is 0 Å². The van der Waals surface area contributed by atoms with Gasteiger partial charge in [-0.05, 0) is 18.2 Å². The van der Waals surface area contributed by atoms with Gasteiger partial charge in [-0.2, -0.15) is 10.2 Å². The van der Waals surface area contributed by atoms with E-state index >= 15 is 0 Å². The van der Waals surface area contributed by atoms with Crippen LogP contribution in [0.3, 0.4) is 0 Å². The molecular formula is C15H12N2O3. The number of phenols is 1. The molecule has 0 heterocycles. The Hall–Kier alpha value is -2.95. The Labute approximate surface area is 115 Å². The minimum atomic E-state index is -1.02. The summed E-state index contributed by atoms with van der Waals surface area (Å²) in [7, 11) is 0. The molecule has 0 saturated heterocycles. The average molecular weight is 268 g/mol. The van der Waals surface area contributed by atoms with Crippen LogP contribution in [0.15, 0.2) is 58.7 Å². The number of benzene rings is 2. The number of aromatic hydroxyl groups is 1. The van der Waals surface area contributed by atoms with Gasteiger partial charge >= 0.3 is 5.97 Å². The number of phenolic OH excluding ortho intramolecular Hbond substituents is 1. The highest BCUT2D eigenvalue weighted by atomic mass is 16.4. The predicted molar refractivity (Wildman–Crippen MR) is 76.7 cm³/mol. The maximum Gasteiger partial charge on any atom is 0.336 e. The number of carboxylic acid groups (broad SMARTS) is 1. The van der Waals surface area contributed by atoms with E-state index in [0.717, 1.165) is 0 Å². The summed E-state index contributed by atoms with van der Waals surface area (Å²) in [6.45, 7) is 0. The zero-order valence-electron chi connectivity index (χ0n) is 10.5. The third kappa shape index (κ3) is 3.29. The Morgan fingerprint density at radius 3 is 2.10 bits per heavy atom. The zero-order chi connectivity index (χ0) is 14.4. The van der Waals surface area contributed by atoms with Gasteiger partial charge in [0.15, 0.2) is 0 Å². The maximum absolute atomic E-state index is 11.0. The number of carboxylic acids is 1. The van der Waals surface area contributed by atoms with Crippen molar-refractivity contribution >= 4 is 18.4 Å².